The Labute approximate surface area is 97.1 Å². The van der Waals surface area contributed by atoms with Crippen molar-refractivity contribution in [3.8, 4) is 10.6 Å². The third-order valence-corrected chi connectivity index (χ3v) is 3.07. The van der Waals surface area contributed by atoms with Gasteiger partial charge >= 0.3 is 0 Å². The monoisotopic (exact) mass is 239 g/mol. The quantitative estimate of drug-likeness (QED) is 0.895. The van der Waals surface area contributed by atoms with Gasteiger partial charge in [0.05, 0.1) is 0 Å². The van der Waals surface area contributed by atoms with Gasteiger partial charge in [-0.3, -0.25) is 0 Å². The van der Waals surface area contributed by atoms with E-state index in [1.807, 2.05) is 31.3 Å². The van der Waals surface area contributed by atoms with Crippen LogP contribution >= 0.6 is 22.9 Å². The predicted octanol–water partition coefficient (Wildman–Crippen LogP) is 2.58. The fourth-order valence-electron chi connectivity index (χ4n) is 1.21. The zero-order chi connectivity index (χ0) is 10.7. The topological polar surface area (TPSA) is 37.8 Å². The first-order valence-corrected chi connectivity index (χ1v) is 5.72. The number of nitrogens with one attached hydrogen (secondary N) is 1. The number of aromatic nitrogens is 2. The van der Waals surface area contributed by atoms with Gasteiger partial charge in [0.2, 0.25) is 0 Å². The van der Waals surface area contributed by atoms with Crippen LogP contribution in [0.2, 0.25) is 5.02 Å². The molecule has 0 saturated heterocycles. The molecule has 2 aromatic rings. The van der Waals surface area contributed by atoms with E-state index in [0.717, 1.165) is 27.1 Å². The Morgan fingerprint density at radius 1 is 1.40 bits per heavy atom. The number of hydrogen-bond acceptors (Lipinski definition) is 4. The summed E-state index contributed by atoms with van der Waals surface area (Å²) >= 11 is 7.48. The molecule has 0 atom stereocenters. The molecule has 1 aromatic carbocycles. The van der Waals surface area contributed by atoms with Gasteiger partial charge in [-0.2, -0.15) is 0 Å². The highest BCUT2D eigenvalue weighted by Gasteiger charge is 2.05. The molecule has 0 fully saturated rings. The maximum atomic E-state index is 5.91. The van der Waals surface area contributed by atoms with Gasteiger partial charge in [-0.1, -0.05) is 35.1 Å². The Kier molecular flexibility index (Phi) is 3.30. The van der Waals surface area contributed by atoms with Crippen LogP contribution in [0.3, 0.4) is 0 Å². The molecule has 0 bridgehead atoms. The number of halogens is 1. The van der Waals surface area contributed by atoms with Crippen LogP contribution in [0.4, 0.5) is 0 Å². The second kappa shape index (κ2) is 4.70. The third kappa shape index (κ3) is 2.53. The maximum absolute atomic E-state index is 5.91. The molecule has 0 aliphatic rings. The summed E-state index contributed by atoms with van der Waals surface area (Å²) in [6, 6.07) is 7.64. The molecule has 1 aromatic heterocycles. The molecule has 0 unspecified atom stereocenters. The van der Waals surface area contributed by atoms with Crippen LogP contribution in [0, 0.1) is 0 Å². The van der Waals surface area contributed by atoms with Crippen molar-refractivity contribution in [1.29, 1.82) is 0 Å². The van der Waals surface area contributed by atoms with Gasteiger partial charge in [0, 0.05) is 17.1 Å². The minimum Gasteiger partial charge on any atom is -0.313 e. The van der Waals surface area contributed by atoms with E-state index in [2.05, 4.69) is 15.5 Å². The maximum Gasteiger partial charge on any atom is 0.147 e. The van der Waals surface area contributed by atoms with Crippen LogP contribution in [0.15, 0.2) is 24.3 Å². The molecule has 2 rings (SSSR count). The summed E-state index contributed by atoms with van der Waals surface area (Å²) in [6.07, 6.45) is 0. The highest BCUT2D eigenvalue weighted by molar-refractivity contribution is 7.14. The largest absolute Gasteiger partial charge is 0.313 e. The molecule has 15 heavy (non-hydrogen) atoms. The summed E-state index contributed by atoms with van der Waals surface area (Å²) in [5, 5.41) is 13.8. The lowest BCUT2D eigenvalue weighted by atomic mass is 10.2. The van der Waals surface area contributed by atoms with Gasteiger partial charge in [0.15, 0.2) is 0 Å². The first-order valence-electron chi connectivity index (χ1n) is 4.52. The van der Waals surface area contributed by atoms with Crippen LogP contribution in [0.1, 0.15) is 5.01 Å². The van der Waals surface area contributed by atoms with Crippen molar-refractivity contribution < 1.29 is 0 Å². The average Bonchev–Trinajstić information content (AvgIpc) is 2.67. The second-order valence-electron chi connectivity index (χ2n) is 3.04. The lowest BCUT2D eigenvalue weighted by molar-refractivity contribution is 0.795. The van der Waals surface area contributed by atoms with Crippen molar-refractivity contribution in [3.63, 3.8) is 0 Å². The molecular formula is C10H10ClN3S. The SMILES string of the molecule is CNCc1nnc(-c2cccc(Cl)c2)s1. The molecule has 0 radical (unpaired) electrons. The van der Waals surface area contributed by atoms with Gasteiger partial charge in [-0.25, -0.2) is 0 Å². The fourth-order valence-corrected chi connectivity index (χ4v) is 2.25. The van der Waals surface area contributed by atoms with E-state index < -0.39 is 0 Å². The number of hydrogen-bond donors (Lipinski definition) is 1. The van der Waals surface area contributed by atoms with E-state index in [0.29, 0.717) is 0 Å². The average molecular weight is 240 g/mol. The summed E-state index contributed by atoms with van der Waals surface area (Å²) < 4.78 is 0. The van der Waals surface area contributed by atoms with Crippen LogP contribution in [-0.4, -0.2) is 17.2 Å². The smallest absolute Gasteiger partial charge is 0.147 e. The van der Waals surface area contributed by atoms with Crippen molar-refractivity contribution in [2.45, 2.75) is 6.54 Å². The minimum atomic E-state index is 0.720. The summed E-state index contributed by atoms with van der Waals surface area (Å²) in [5.74, 6) is 0. The fraction of sp³-hybridized carbons (Fsp3) is 0.200. The molecule has 5 heteroatoms. The van der Waals surface area contributed by atoms with E-state index in [-0.39, 0.29) is 0 Å². The molecule has 0 spiro atoms. The van der Waals surface area contributed by atoms with Gasteiger partial charge in [0.1, 0.15) is 10.0 Å². The van der Waals surface area contributed by atoms with Crippen LogP contribution in [0.25, 0.3) is 10.6 Å². The molecule has 0 aliphatic carbocycles. The number of rotatable bonds is 3. The summed E-state index contributed by atoms with van der Waals surface area (Å²) in [5.41, 5.74) is 1.02. The summed E-state index contributed by atoms with van der Waals surface area (Å²) in [7, 11) is 1.89. The van der Waals surface area contributed by atoms with Gasteiger partial charge in [-0.05, 0) is 19.2 Å². The molecule has 0 amide bonds. The minimum absolute atomic E-state index is 0.720. The number of nitrogens with zero attached hydrogens (tertiary/aromatic N) is 2. The van der Waals surface area contributed by atoms with Crippen molar-refractivity contribution in [2.75, 3.05) is 7.05 Å². The number of benzene rings is 1. The van der Waals surface area contributed by atoms with Crippen molar-refractivity contribution >= 4 is 22.9 Å². The lowest BCUT2D eigenvalue weighted by Crippen LogP contribution is -2.04. The third-order valence-electron chi connectivity index (χ3n) is 1.87. The molecular weight excluding hydrogens is 230 g/mol. The van der Waals surface area contributed by atoms with Gasteiger partial charge in [0.25, 0.3) is 0 Å². The molecule has 78 valence electrons. The predicted molar refractivity (Wildman–Crippen MR) is 63.1 cm³/mol. The van der Waals surface area contributed by atoms with Crippen LogP contribution < -0.4 is 5.32 Å². The summed E-state index contributed by atoms with van der Waals surface area (Å²) in [4.78, 5) is 0. The van der Waals surface area contributed by atoms with E-state index in [4.69, 9.17) is 11.6 Å². The van der Waals surface area contributed by atoms with E-state index in [1.165, 1.54) is 0 Å². The Morgan fingerprint density at radius 3 is 3.00 bits per heavy atom. The lowest BCUT2D eigenvalue weighted by Gasteiger charge is -1.94. The zero-order valence-electron chi connectivity index (χ0n) is 8.20. The molecule has 3 nitrogen and oxygen atoms in total. The highest BCUT2D eigenvalue weighted by atomic mass is 35.5. The second-order valence-corrected chi connectivity index (χ2v) is 4.54. The Hall–Kier alpha value is -0.970. The zero-order valence-corrected chi connectivity index (χ0v) is 9.77. The van der Waals surface area contributed by atoms with Crippen molar-refractivity contribution in [1.82, 2.24) is 15.5 Å². The highest BCUT2D eigenvalue weighted by Crippen LogP contribution is 2.25. The molecule has 0 aliphatic heterocycles. The van der Waals surface area contributed by atoms with Gasteiger partial charge in [-0.15, -0.1) is 10.2 Å². The van der Waals surface area contributed by atoms with Gasteiger partial charge < -0.3 is 5.32 Å². The van der Waals surface area contributed by atoms with Crippen LogP contribution in [-0.2, 0) is 6.54 Å². The first kappa shape index (κ1) is 10.5. The van der Waals surface area contributed by atoms with E-state index in [1.54, 1.807) is 11.3 Å². The Balaban J connectivity index is 2.29. The molecule has 0 saturated carbocycles. The Morgan fingerprint density at radius 2 is 2.27 bits per heavy atom. The van der Waals surface area contributed by atoms with Crippen LogP contribution in [0.5, 0.6) is 0 Å². The standard InChI is InChI=1S/C10H10ClN3S/c1-12-6-9-13-14-10(15-9)7-3-2-4-8(11)5-7/h2-5,12H,6H2,1H3. The molecule has 1 heterocycles. The van der Waals surface area contributed by atoms with E-state index >= 15 is 0 Å². The van der Waals surface area contributed by atoms with Crippen molar-refractivity contribution in [3.05, 3.63) is 34.3 Å². The Bertz CT molecular complexity index is 455. The van der Waals surface area contributed by atoms with E-state index in [9.17, 15) is 0 Å². The van der Waals surface area contributed by atoms with Crippen molar-refractivity contribution in [2.24, 2.45) is 0 Å². The normalized spacial score (nSPS) is 10.5. The first-order chi connectivity index (χ1) is 7.29. The molecule has 1 N–H and O–H groups in total. The summed E-state index contributed by atoms with van der Waals surface area (Å²) in [6.45, 7) is 0.748.